The Morgan fingerprint density at radius 3 is 2.77 bits per heavy atom. The summed E-state index contributed by atoms with van der Waals surface area (Å²) in [5.74, 6) is 0.616. The number of nitrogens with one attached hydrogen (secondary N) is 2. The lowest BCUT2D eigenvalue weighted by Crippen LogP contribution is -2.35. The van der Waals surface area contributed by atoms with Gasteiger partial charge < -0.3 is 15.0 Å². The quantitative estimate of drug-likeness (QED) is 0.716. The summed E-state index contributed by atoms with van der Waals surface area (Å²) in [5, 5.41) is 10.9. The molecule has 2 aromatic carbocycles. The molecule has 3 aromatic rings. The predicted molar refractivity (Wildman–Crippen MR) is 103 cm³/mol. The molecule has 0 saturated carbocycles. The average molecular weight is 352 g/mol. The molecule has 6 heteroatoms. The number of amides is 1. The van der Waals surface area contributed by atoms with Crippen molar-refractivity contribution in [2.45, 2.75) is 13.0 Å². The maximum Gasteiger partial charge on any atom is 0.272 e. The number of hydrogen-bond donors (Lipinski definition) is 2. The van der Waals surface area contributed by atoms with Crippen LogP contribution >= 0.6 is 0 Å². The van der Waals surface area contributed by atoms with Gasteiger partial charge in [-0.2, -0.15) is 5.10 Å². The molecule has 1 heterocycles. The molecule has 0 aliphatic carbocycles. The van der Waals surface area contributed by atoms with Crippen LogP contribution in [0.5, 0.6) is 5.75 Å². The summed E-state index contributed by atoms with van der Waals surface area (Å²) in [6, 6.07) is 13.7. The van der Waals surface area contributed by atoms with Gasteiger partial charge in [0.1, 0.15) is 5.75 Å². The van der Waals surface area contributed by atoms with Crippen molar-refractivity contribution in [3.63, 3.8) is 0 Å². The van der Waals surface area contributed by atoms with Crippen molar-refractivity contribution in [3.05, 3.63) is 59.3 Å². The normalized spacial score (nSPS) is 12.3. The van der Waals surface area contributed by atoms with E-state index in [1.165, 1.54) is 0 Å². The number of para-hydroxylation sites is 1. The number of benzene rings is 2. The number of carbonyl (C=O) groups is 1. The lowest BCUT2D eigenvalue weighted by Gasteiger charge is -2.26. The van der Waals surface area contributed by atoms with Gasteiger partial charge in [-0.1, -0.05) is 29.8 Å². The number of H-pyrrole nitrogens is 1. The first-order valence-electron chi connectivity index (χ1n) is 8.53. The van der Waals surface area contributed by atoms with Gasteiger partial charge in [-0.05, 0) is 39.2 Å². The highest BCUT2D eigenvalue weighted by molar-refractivity contribution is 6.04. The fraction of sp³-hybridized carbons (Fsp3) is 0.300. The Hall–Kier alpha value is -2.86. The third-order valence-electron chi connectivity index (χ3n) is 4.51. The van der Waals surface area contributed by atoms with Gasteiger partial charge >= 0.3 is 0 Å². The van der Waals surface area contributed by atoms with Crippen LogP contribution in [0, 0.1) is 6.92 Å². The van der Waals surface area contributed by atoms with Gasteiger partial charge in [0.2, 0.25) is 0 Å². The smallest absolute Gasteiger partial charge is 0.272 e. The molecule has 1 amide bonds. The molecule has 0 fully saturated rings. The zero-order valence-corrected chi connectivity index (χ0v) is 15.5. The summed E-state index contributed by atoms with van der Waals surface area (Å²) in [6.45, 7) is 2.45. The maximum absolute atomic E-state index is 12.7. The molecule has 1 atom stereocenters. The van der Waals surface area contributed by atoms with Crippen molar-refractivity contribution in [1.82, 2.24) is 20.4 Å². The topological polar surface area (TPSA) is 70.2 Å². The molecule has 3 rings (SSSR count). The predicted octanol–water partition coefficient (Wildman–Crippen LogP) is 2.91. The van der Waals surface area contributed by atoms with Crippen molar-refractivity contribution in [3.8, 4) is 5.75 Å². The average Bonchev–Trinajstić information content (AvgIpc) is 3.05. The molecular weight excluding hydrogens is 328 g/mol. The fourth-order valence-electron chi connectivity index (χ4n) is 3.09. The van der Waals surface area contributed by atoms with Crippen molar-refractivity contribution in [2.24, 2.45) is 0 Å². The van der Waals surface area contributed by atoms with Crippen molar-refractivity contribution in [1.29, 1.82) is 0 Å². The highest BCUT2D eigenvalue weighted by Crippen LogP contribution is 2.27. The number of ether oxygens (including phenoxy) is 1. The zero-order chi connectivity index (χ0) is 18.7. The first kappa shape index (κ1) is 17.9. The number of likely N-dealkylation sites (N-methyl/N-ethyl adjacent to an activating group) is 1. The number of methoxy groups -OCH3 is 1. The molecule has 2 N–H and O–H groups in total. The van der Waals surface area contributed by atoms with E-state index in [2.05, 4.69) is 20.4 Å². The lowest BCUT2D eigenvalue weighted by atomic mass is 10.0. The number of aromatic nitrogens is 2. The number of aryl methyl sites for hydroxylation is 1. The van der Waals surface area contributed by atoms with Crippen LogP contribution in [0.25, 0.3) is 10.9 Å². The maximum atomic E-state index is 12.7. The van der Waals surface area contributed by atoms with E-state index in [0.717, 1.165) is 27.8 Å². The molecule has 0 spiro atoms. The highest BCUT2D eigenvalue weighted by atomic mass is 16.5. The van der Waals surface area contributed by atoms with Gasteiger partial charge in [0, 0.05) is 17.5 Å². The molecule has 0 radical (unpaired) electrons. The fourth-order valence-corrected chi connectivity index (χ4v) is 3.09. The van der Waals surface area contributed by atoms with E-state index in [1.54, 1.807) is 7.11 Å². The molecule has 1 unspecified atom stereocenters. The second-order valence-corrected chi connectivity index (χ2v) is 6.55. The Morgan fingerprint density at radius 2 is 2.04 bits per heavy atom. The summed E-state index contributed by atoms with van der Waals surface area (Å²) < 4.78 is 5.47. The number of aromatic amines is 1. The SMILES string of the molecule is COc1ccccc1C(CNC(=O)c1n[nH]c2ccc(C)cc12)N(C)C. The summed E-state index contributed by atoms with van der Waals surface area (Å²) in [5.41, 5.74) is 3.40. The van der Waals surface area contributed by atoms with E-state index in [0.29, 0.717) is 12.2 Å². The summed E-state index contributed by atoms with van der Waals surface area (Å²) in [7, 11) is 5.62. The monoisotopic (exact) mass is 352 g/mol. The third kappa shape index (κ3) is 3.55. The van der Waals surface area contributed by atoms with Crippen LogP contribution in [0.4, 0.5) is 0 Å². The largest absolute Gasteiger partial charge is 0.496 e. The minimum atomic E-state index is -0.191. The summed E-state index contributed by atoms with van der Waals surface area (Å²) in [4.78, 5) is 14.8. The van der Waals surface area contributed by atoms with E-state index in [1.807, 2.05) is 63.5 Å². The molecule has 6 nitrogen and oxygen atoms in total. The Labute approximate surface area is 153 Å². The van der Waals surface area contributed by atoms with Crippen LogP contribution in [-0.2, 0) is 0 Å². The first-order chi connectivity index (χ1) is 12.5. The van der Waals surface area contributed by atoms with Crippen LogP contribution in [-0.4, -0.2) is 48.8 Å². The van der Waals surface area contributed by atoms with E-state index < -0.39 is 0 Å². The van der Waals surface area contributed by atoms with Crippen LogP contribution in [0.15, 0.2) is 42.5 Å². The Balaban J connectivity index is 1.81. The Bertz CT molecular complexity index is 917. The van der Waals surface area contributed by atoms with Gasteiger partial charge in [0.15, 0.2) is 5.69 Å². The molecule has 0 bridgehead atoms. The van der Waals surface area contributed by atoms with Gasteiger partial charge in [0.25, 0.3) is 5.91 Å². The number of rotatable bonds is 6. The second kappa shape index (κ2) is 7.58. The van der Waals surface area contributed by atoms with E-state index in [-0.39, 0.29) is 11.9 Å². The van der Waals surface area contributed by atoms with Crippen molar-refractivity contribution < 1.29 is 9.53 Å². The van der Waals surface area contributed by atoms with Gasteiger partial charge in [-0.15, -0.1) is 0 Å². The van der Waals surface area contributed by atoms with Crippen molar-refractivity contribution in [2.75, 3.05) is 27.7 Å². The molecular formula is C20H24N4O2. The van der Waals surface area contributed by atoms with E-state index in [4.69, 9.17) is 4.74 Å². The number of fused-ring (bicyclic) bond motifs is 1. The Kier molecular flexibility index (Phi) is 5.23. The van der Waals surface area contributed by atoms with E-state index in [9.17, 15) is 4.79 Å². The van der Waals surface area contributed by atoms with Gasteiger partial charge in [-0.3, -0.25) is 9.89 Å². The van der Waals surface area contributed by atoms with Crippen molar-refractivity contribution >= 4 is 16.8 Å². The summed E-state index contributed by atoms with van der Waals surface area (Å²) in [6.07, 6.45) is 0. The molecule has 0 aliphatic heterocycles. The number of carbonyl (C=O) groups excluding carboxylic acids is 1. The zero-order valence-electron chi connectivity index (χ0n) is 15.5. The molecule has 0 aliphatic rings. The molecule has 26 heavy (non-hydrogen) atoms. The molecule has 136 valence electrons. The minimum Gasteiger partial charge on any atom is -0.496 e. The minimum absolute atomic E-state index is 0.0120. The van der Waals surface area contributed by atoms with Gasteiger partial charge in [-0.25, -0.2) is 0 Å². The summed E-state index contributed by atoms with van der Waals surface area (Å²) >= 11 is 0. The van der Waals surface area contributed by atoms with E-state index >= 15 is 0 Å². The van der Waals surface area contributed by atoms with Gasteiger partial charge in [0.05, 0.1) is 18.7 Å². The van der Waals surface area contributed by atoms with Crippen LogP contribution in [0.2, 0.25) is 0 Å². The van der Waals surface area contributed by atoms with Crippen LogP contribution < -0.4 is 10.1 Å². The molecule has 0 saturated heterocycles. The Morgan fingerprint density at radius 1 is 1.27 bits per heavy atom. The highest BCUT2D eigenvalue weighted by Gasteiger charge is 2.21. The first-order valence-corrected chi connectivity index (χ1v) is 8.53. The third-order valence-corrected chi connectivity index (χ3v) is 4.51. The second-order valence-electron chi connectivity index (χ2n) is 6.55. The van der Waals surface area contributed by atoms with Crippen LogP contribution in [0.1, 0.15) is 27.7 Å². The standard InChI is InChI=1S/C20H24N4O2/c1-13-9-10-16-15(11-13)19(23-22-16)20(25)21-12-17(24(2)3)14-7-5-6-8-18(14)26-4/h5-11,17H,12H2,1-4H3,(H,21,25)(H,22,23). The number of hydrogen-bond acceptors (Lipinski definition) is 4. The lowest BCUT2D eigenvalue weighted by molar-refractivity contribution is 0.0938. The van der Waals surface area contributed by atoms with Crippen LogP contribution in [0.3, 0.4) is 0 Å². The molecule has 1 aromatic heterocycles. The number of nitrogens with zero attached hydrogens (tertiary/aromatic N) is 2.